The van der Waals surface area contributed by atoms with Crippen molar-refractivity contribution in [3.8, 4) is 0 Å². The van der Waals surface area contributed by atoms with E-state index in [1.807, 2.05) is 56.3 Å². The van der Waals surface area contributed by atoms with Gasteiger partial charge in [0.05, 0.1) is 17.1 Å². The summed E-state index contributed by atoms with van der Waals surface area (Å²) in [5, 5.41) is 3.40. The first kappa shape index (κ1) is 13.6. The van der Waals surface area contributed by atoms with Gasteiger partial charge in [-0.3, -0.25) is 4.79 Å². The van der Waals surface area contributed by atoms with Crippen LogP contribution in [-0.2, 0) is 11.2 Å². The van der Waals surface area contributed by atoms with Gasteiger partial charge in [0.1, 0.15) is 0 Å². The van der Waals surface area contributed by atoms with Crippen LogP contribution in [0.15, 0.2) is 42.5 Å². The Balaban J connectivity index is 2.03. The standard InChI is InChI=1S/C16H16ClNO/c1-11-3-6-13(7-4-11)10-16(19)18-15-8-5-12(2)9-14(15)17/h3-9H,10H2,1-2H3,(H,18,19). The summed E-state index contributed by atoms with van der Waals surface area (Å²) in [5.41, 5.74) is 3.91. The average Bonchev–Trinajstić information content (AvgIpc) is 2.36. The maximum atomic E-state index is 11.9. The molecule has 2 rings (SSSR count). The Bertz CT molecular complexity index is 590. The first-order valence-electron chi connectivity index (χ1n) is 6.16. The Morgan fingerprint density at radius 1 is 1.05 bits per heavy atom. The highest BCUT2D eigenvalue weighted by Crippen LogP contribution is 2.22. The largest absolute Gasteiger partial charge is 0.324 e. The van der Waals surface area contributed by atoms with E-state index in [-0.39, 0.29) is 5.91 Å². The average molecular weight is 274 g/mol. The minimum Gasteiger partial charge on any atom is -0.324 e. The lowest BCUT2D eigenvalue weighted by Gasteiger charge is -2.08. The van der Waals surface area contributed by atoms with Crippen LogP contribution >= 0.6 is 11.6 Å². The van der Waals surface area contributed by atoms with Gasteiger partial charge in [-0.1, -0.05) is 47.5 Å². The highest BCUT2D eigenvalue weighted by Gasteiger charge is 2.06. The van der Waals surface area contributed by atoms with E-state index < -0.39 is 0 Å². The number of hydrogen-bond donors (Lipinski definition) is 1. The second kappa shape index (κ2) is 5.89. The molecular formula is C16H16ClNO. The van der Waals surface area contributed by atoms with E-state index in [9.17, 15) is 4.79 Å². The van der Waals surface area contributed by atoms with Gasteiger partial charge in [-0.2, -0.15) is 0 Å². The molecule has 0 bridgehead atoms. The second-order valence-corrected chi connectivity index (χ2v) is 5.10. The fourth-order valence-electron chi connectivity index (χ4n) is 1.81. The predicted octanol–water partition coefficient (Wildman–Crippen LogP) is 4.14. The normalized spacial score (nSPS) is 10.3. The van der Waals surface area contributed by atoms with Gasteiger partial charge in [-0.15, -0.1) is 0 Å². The van der Waals surface area contributed by atoms with E-state index in [0.717, 1.165) is 11.1 Å². The van der Waals surface area contributed by atoms with Crippen molar-refractivity contribution < 1.29 is 4.79 Å². The molecule has 0 atom stereocenters. The molecule has 0 heterocycles. The number of halogens is 1. The van der Waals surface area contributed by atoms with Gasteiger partial charge < -0.3 is 5.32 Å². The lowest BCUT2D eigenvalue weighted by atomic mass is 10.1. The zero-order valence-electron chi connectivity index (χ0n) is 11.0. The number of nitrogens with one attached hydrogen (secondary N) is 1. The lowest BCUT2D eigenvalue weighted by molar-refractivity contribution is -0.115. The number of anilines is 1. The molecule has 0 unspecified atom stereocenters. The SMILES string of the molecule is Cc1ccc(CC(=O)Nc2ccc(C)cc2Cl)cc1. The molecule has 98 valence electrons. The highest BCUT2D eigenvalue weighted by molar-refractivity contribution is 6.33. The van der Waals surface area contributed by atoms with E-state index in [1.54, 1.807) is 0 Å². The third-order valence-electron chi connectivity index (χ3n) is 2.88. The molecule has 0 aliphatic carbocycles. The Morgan fingerprint density at radius 2 is 1.68 bits per heavy atom. The van der Waals surface area contributed by atoms with E-state index in [0.29, 0.717) is 17.1 Å². The highest BCUT2D eigenvalue weighted by atomic mass is 35.5. The molecule has 2 aromatic rings. The van der Waals surface area contributed by atoms with Crippen molar-refractivity contribution in [2.24, 2.45) is 0 Å². The number of aryl methyl sites for hydroxylation is 2. The van der Waals surface area contributed by atoms with Crippen molar-refractivity contribution >= 4 is 23.2 Å². The second-order valence-electron chi connectivity index (χ2n) is 4.69. The minimum absolute atomic E-state index is 0.0605. The van der Waals surface area contributed by atoms with E-state index >= 15 is 0 Å². The first-order valence-corrected chi connectivity index (χ1v) is 6.54. The molecule has 0 aromatic heterocycles. The quantitative estimate of drug-likeness (QED) is 0.895. The van der Waals surface area contributed by atoms with Crippen molar-refractivity contribution in [2.75, 3.05) is 5.32 Å². The Labute approximate surface area is 118 Å². The molecule has 0 aliphatic heterocycles. The molecule has 1 N–H and O–H groups in total. The molecule has 2 aromatic carbocycles. The summed E-state index contributed by atoms with van der Waals surface area (Å²) in [5.74, 6) is -0.0605. The van der Waals surface area contributed by atoms with Crippen molar-refractivity contribution in [1.29, 1.82) is 0 Å². The van der Waals surface area contributed by atoms with Crippen molar-refractivity contribution in [3.63, 3.8) is 0 Å². The third-order valence-corrected chi connectivity index (χ3v) is 3.20. The van der Waals surface area contributed by atoms with E-state index in [1.165, 1.54) is 5.56 Å². The van der Waals surface area contributed by atoms with Gasteiger partial charge >= 0.3 is 0 Å². The van der Waals surface area contributed by atoms with Gasteiger partial charge in [0, 0.05) is 0 Å². The van der Waals surface area contributed by atoms with Crippen LogP contribution in [0.25, 0.3) is 0 Å². The summed E-state index contributed by atoms with van der Waals surface area (Å²) in [6.45, 7) is 3.99. The number of rotatable bonds is 3. The summed E-state index contributed by atoms with van der Waals surface area (Å²) in [6, 6.07) is 13.5. The van der Waals surface area contributed by atoms with Crippen LogP contribution in [0.5, 0.6) is 0 Å². The van der Waals surface area contributed by atoms with Crippen LogP contribution in [-0.4, -0.2) is 5.91 Å². The third kappa shape index (κ3) is 3.83. The maximum Gasteiger partial charge on any atom is 0.228 e. The van der Waals surface area contributed by atoms with Gasteiger partial charge in [0.15, 0.2) is 0 Å². The number of amides is 1. The molecule has 1 amide bonds. The molecule has 0 spiro atoms. The molecule has 0 radical (unpaired) electrons. The molecule has 0 saturated carbocycles. The van der Waals surface area contributed by atoms with Crippen LogP contribution in [0, 0.1) is 13.8 Å². The van der Waals surface area contributed by atoms with Gasteiger partial charge in [-0.05, 0) is 37.1 Å². The van der Waals surface area contributed by atoms with Crippen LogP contribution in [0.1, 0.15) is 16.7 Å². The smallest absolute Gasteiger partial charge is 0.228 e. The Kier molecular flexibility index (Phi) is 4.23. The summed E-state index contributed by atoms with van der Waals surface area (Å²) < 4.78 is 0. The molecule has 0 fully saturated rings. The molecule has 0 saturated heterocycles. The van der Waals surface area contributed by atoms with Crippen molar-refractivity contribution in [1.82, 2.24) is 0 Å². The van der Waals surface area contributed by atoms with E-state index in [2.05, 4.69) is 5.32 Å². The molecular weight excluding hydrogens is 258 g/mol. The zero-order valence-corrected chi connectivity index (χ0v) is 11.8. The first-order chi connectivity index (χ1) is 9.04. The van der Waals surface area contributed by atoms with E-state index in [4.69, 9.17) is 11.6 Å². The van der Waals surface area contributed by atoms with Crippen LogP contribution < -0.4 is 5.32 Å². The Hall–Kier alpha value is -1.80. The summed E-state index contributed by atoms with van der Waals surface area (Å²) >= 11 is 6.08. The molecule has 2 nitrogen and oxygen atoms in total. The monoisotopic (exact) mass is 273 g/mol. The fourth-order valence-corrected chi connectivity index (χ4v) is 2.09. The molecule has 0 aliphatic rings. The van der Waals surface area contributed by atoms with Crippen LogP contribution in [0.4, 0.5) is 5.69 Å². The van der Waals surface area contributed by atoms with Crippen molar-refractivity contribution in [2.45, 2.75) is 20.3 Å². The van der Waals surface area contributed by atoms with Crippen LogP contribution in [0.2, 0.25) is 5.02 Å². The summed E-state index contributed by atoms with van der Waals surface area (Å²) in [4.78, 5) is 11.9. The Morgan fingerprint density at radius 3 is 2.32 bits per heavy atom. The van der Waals surface area contributed by atoms with Crippen molar-refractivity contribution in [3.05, 3.63) is 64.2 Å². The van der Waals surface area contributed by atoms with Gasteiger partial charge in [-0.25, -0.2) is 0 Å². The fraction of sp³-hybridized carbons (Fsp3) is 0.188. The number of carbonyl (C=O) groups is 1. The molecule has 3 heteroatoms. The number of hydrogen-bond acceptors (Lipinski definition) is 1. The summed E-state index contributed by atoms with van der Waals surface area (Å²) in [7, 11) is 0. The predicted molar refractivity (Wildman–Crippen MR) is 79.7 cm³/mol. The zero-order chi connectivity index (χ0) is 13.8. The van der Waals surface area contributed by atoms with Crippen LogP contribution in [0.3, 0.4) is 0 Å². The lowest BCUT2D eigenvalue weighted by Crippen LogP contribution is -2.14. The molecule has 19 heavy (non-hydrogen) atoms. The topological polar surface area (TPSA) is 29.1 Å². The minimum atomic E-state index is -0.0605. The maximum absolute atomic E-state index is 11.9. The number of carbonyl (C=O) groups excluding carboxylic acids is 1. The number of benzene rings is 2. The van der Waals surface area contributed by atoms with Gasteiger partial charge in [0.25, 0.3) is 0 Å². The summed E-state index contributed by atoms with van der Waals surface area (Å²) in [6.07, 6.45) is 0.352. The van der Waals surface area contributed by atoms with Gasteiger partial charge in [0.2, 0.25) is 5.91 Å².